The molecule has 0 saturated carbocycles. The van der Waals surface area contributed by atoms with Crippen LogP contribution in [-0.2, 0) is 22.6 Å². The molecule has 8 nitrogen and oxygen atoms in total. The van der Waals surface area contributed by atoms with Gasteiger partial charge in [0, 0.05) is 13.1 Å². The molecule has 0 saturated heterocycles. The number of benzene rings is 1. The standard InChI is InChI=1S/C19H22ClN3O5/c1-3-4-7-23-18(20)17(12(2)22-23)19(25)26-10-16(24)21-9-13-5-6-14-15(8-13)28-11-27-14/h5-6,8H,3-4,7,9-11H2,1-2H3,(H,21,24). The molecule has 1 N–H and O–H groups in total. The maximum Gasteiger partial charge on any atom is 0.343 e. The third-order valence-corrected chi connectivity index (χ3v) is 4.64. The second-order valence-electron chi connectivity index (χ2n) is 6.37. The minimum absolute atomic E-state index is 0.193. The molecular formula is C19H22ClN3O5. The molecular weight excluding hydrogens is 386 g/mol. The number of halogens is 1. The topological polar surface area (TPSA) is 91.7 Å². The first kappa shape index (κ1) is 20.0. The van der Waals surface area contributed by atoms with Crippen molar-refractivity contribution in [2.24, 2.45) is 0 Å². The Morgan fingerprint density at radius 1 is 1.32 bits per heavy atom. The molecule has 9 heteroatoms. The minimum Gasteiger partial charge on any atom is -0.454 e. The number of ether oxygens (including phenoxy) is 3. The SMILES string of the molecule is CCCCn1nc(C)c(C(=O)OCC(=O)NCc2ccc3c(c2)OCO3)c1Cl. The summed E-state index contributed by atoms with van der Waals surface area (Å²) >= 11 is 6.24. The molecule has 0 unspecified atom stereocenters. The summed E-state index contributed by atoms with van der Waals surface area (Å²) in [5.41, 5.74) is 1.52. The molecule has 2 heterocycles. The average Bonchev–Trinajstić information content (AvgIpc) is 3.26. The zero-order valence-electron chi connectivity index (χ0n) is 15.8. The lowest BCUT2D eigenvalue weighted by molar-refractivity contribution is -0.124. The molecule has 1 aliphatic rings. The third-order valence-electron chi connectivity index (χ3n) is 4.25. The molecule has 0 aliphatic carbocycles. The second-order valence-corrected chi connectivity index (χ2v) is 6.73. The molecule has 150 valence electrons. The van der Waals surface area contributed by atoms with E-state index < -0.39 is 18.5 Å². The number of nitrogens with zero attached hydrogens (tertiary/aromatic N) is 2. The van der Waals surface area contributed by atoms with Gasteiger partial charge in [0.2, 0.25) is 6.79 Å². The van der Waals surface area contributed by atoms with E-state index in [2.05, 4.69) is 17.3 Å². The Hall–Kier alpha value is -2.74. The van der Waals surface area contributed by atoms with Gasteiger partial charge in [-0.05, 0) is 31.0 Å². The van der Waals surface area contributed by atoms with Gasteiger partial charge in [-0.2, -0.15) is 5.10 Å². The Morgan fingerprint density at radius 3 is 2.89 bits per heavy atom. The van der Waals surface area contributed by atoms with Gasteiger partial charge in [0.1, 0.15) is 10.7 Å². The van der Waals surface area contributed by atoms with Crippen molar-refractivity contribution in [3.63, 3.8) is 0 Å². The van der Waals surface area contributed by atoms with Crippen LogP contribution in [0.1, 0.15) is 41.4 Å². The lowest BCUT2D eigenvalue weighted by Gasteiger charge is -2.07. The van der Waals surface area contributed by atoms with E-state index in [4.69, 9.17) is 25.8 Å². The molecule has 0 fully saturated rings. The summed E-state index contributed by atoms with van der Waals surface area (Å²) in [4.78, 5) is 24.3. The smallest absolute Gasteiger partial charge is 0.343 e. The molecule has 1 amide bonds. The van der Waals surface area contributed by atoms with Crippen molar-refractivity contribution in [3.05, 3.63) is 40.2 Å². The van der Waals surface area contributed by atoms with Gasteiger partial charge in [-0.3, -0.25) is 9.48 Å². The molecule has 1 aliphatic heterocycles. The first-order chi connectivity index (χ1) is 13.5. The van der Waals surface area contributed by atoms with Crippen LogP contribution in [0.25, 0.3) is 0 Å². The first-order valence-electron chi connectivity index (χ1n) is 9.04. The Kier molecular flexibility index (Phi) is 6.41. The number of aryl methyl sites for hydroxylation is 2. The van der Waals surface area contributed by atoms with Crippen molar-refractivity contribution in [1.82, 2.24) is 15.1 Å². The Morgan fingerprint density at radius 2 is 2.11 bits per heavy atom. The molecule has 0 atom stereocenters. The Balaban J connectivity index is 1.50. The van der Waals surface area contributed by atoms with Crippen LogP contribution >= 0.6 is 11.6 Å². The maximum atomic E-state index is 12.3. The molecule has 1 aromatic carbocycles. The van der Waals surface area contributed by atoms with E-state index in [9.17, 15) is 9.59 Å². The van der Waals surface area contributed by atoms with Gasteiger partial charge in [0.25, 0.3) is 5.91 Å². The van der Waals surface area contributed by atoms with Crippen LogP contribution in [0.4, 0.5) is 0 Å². The fourth-order valence-corrected chi connectivity index (χ4v) is 3.08. The molecule has 3 rings (SSSR count). The molecule has 2 aromatic rings. The predicted molar refractivity (Wildman–Crippen MR) is 102 cm³/mol. The van der Waals surface area contributed by atoms with Crippen molar-refractivity contribution in [2.45, 2.75) is 39.8 Å². The summed E-state index contributed by atoms with van der Waals surface area (Å²) in [6, 6.07) is 5.40. The summed E-state index contributed by atoms with van der Waals surface area (Å²) in [5.74, 6) is 0.237. The Bertz CT molecular complexity index is 881. The fourth-order valence-electron chi connectivity index (χ4n) is 2.75. The summed E-state index contributed by atoms with van der Waals surface area (Å²) < 4.78 is 17.2. The van der Waals surface area contributed by atoms with Crippen LogP contribution in [0.5, 0.6) is 11.5 Å². The highest BCUT2D eigenvalue weighted by Gasteiger charge is 2.22. The van der Waals surface area contributed by atoms with Crippen molar-refractivity contribution in [3.8, 4) is 11.5 Å². The number of carbonyl (C=O) groups is 2. The monoisotopic (exact) mass is 407 g/mol. The summed E-state index contributed by atoms with van der Waals surface area (Å²) in [5, 5.41) is 7.19. The number of aromatic nitrogens is 2. The number of nitrogens with one attached hydrogen (secondary N) is 1. The molecule has 0 spiro atoms. The molecule has 0 bridgehead atoms. The summed E-state index contributed by atoms with van der Waals surface area (Å²) in [6.07, 6.45) is 1.89. The fraction of sp³-hybridized carbons (Fsp3) is 0.421. The van der Waals surface area contributed by atoms with Crippen LogP contribution in [0.3, 0.4) is 0 Å². The number of rotatable bonds is 8. The lowest BCUT2D eigenvalue weighted by atomic mass is 10.2. The van der Waals surface area contributed by atoms with Crippen LogP contribution in [0.15, 0.2) is 18.2 Å². The lowest BCUT2D eigenvalue weighted by Crippen LogP contribution is -2.28. The van der Waals surface area contributed by atoms with Gasteiger partial charge in [0.05, 0.1) is 5.69 Å². The highest BCUT2D eigenvalue weighted by Crippen LogP contribution is 2.32. The highest BCUT2D eigenvalue weighted by molar-refractivity contribution is 6.32. The number of fused-ring (bicyclic) bond motifs is 1. The maximum absolute atomic E-state index is 12.3. The van der Waals surface area contributed by atoms with Crippen LogP contribution in [0.2, 0.25) is 5.15 Å². The number of hydrogen-bond acceptors (Lipinski definition) is 6. The van der Waals surface area contributed by atoms with Gasteiger partial charge in [-0.25, -0.2) is 4.79 Å². The van der Waals surface area contributed by atoms with Gasteiger partial charge in [-0.1, -0.05) is 31.0 Å². The molecule has 0 radical (unpaired) electrons. The van der Waals surface area contributed by atoms with Crippen LogP contribution < -0.4 is 14.8 Å². The summed E-state index contributed by atoms with van der Waals surface area (Å²) in [7, 11) is 0. The van der Waals surface area contributed by atoms with E-state index in [1.165, 1.54) is 0 Å². The van der Waals surface area contributed by atoms with E-state index in [-0.39, 0.29) is 24.1 Å². The van der Waals surface area contributed by atoms with Crippen LogP contribution in [0, 0.1) is 6.92 Å². The number of carbonyl (C=O) groups excluding carboxylic acids is 2. The number of esters is 1. The number of amides is 1. The summed E-state index contributed by atoms with van der Waals surface area (Å²) in [6.45, 7) is 4.44. The van der Waals surface area contributed by atoms with Gasteiger partial charge >= 0.3 is 5.97 Å². The largest absolute Gasteiger partial charge is 0.454 e. The molecule has 1 aromatic heterocycles. The van der Waals surface area contributed by atoms with E-state index in [0.29, 0.717) is 23.7 Å². The Labute approximate surface area is 167 Å². The van der Waals surface area contributed by atoms with Crippen molar-refractivity contribution >= 4 is 23.5 Å². The van der Waals surface area contributed by atoms with E-state index >= 15 is 0 Å². The zero-order chi connectivity index (χ0) is 20.1. The number of hydrogen-bond donors (Lipinski definition) is 1. The third kappa shape index (κ3) is 4.56. The zero-order valence-corrected chi connectivity index (χ0v) is 16.5. The van der Waals surface area contributed by atoms with Gasteiger partial charge in [0.15, 0.2) is 18.1 Å². The highest BCUT2D eigenvalue weighted by atomic mass is 35.5. The second kappa shape index (κ2) is 8.97. The first-order valence-corrected chi connectivity index (χ1v) is 9.42. The molecule has 28 heavy (non-hydrogen) atoms. The van der Waals surface area contributed by atoms with E-state index in [1.807, 2.05) is 6.07 Å². The number of unbranched alkanes of at least 4 members (excludes halogenated alkanes) is 1. The van der Waals surface area contributed by atoms with Crippen LogP contribution in [-0.4, -0.2) is 35.1 Å². The van der Waals surface area contributed by atoms with Crippen molar-refractivity contribution < 1.29 is 23.8 Å². The van der Waals surface area contributed by atoms with Gasteiger partial charge in [-0.15, -0.1) is 0 Å². The minimum atomic E-state index is -0.663. The predicted octanol–water partition coefficient (Wildman–Crippen LogP) is 2.85. The normalized spacial score (nSPS) is 12.1. The quantitative estimate of drug-likeness (QED) is 0.676. The van der Waals surface area contributed by atoms with E-state index in [1.54, 1.807) is 23.7 Å². The van der Waals surface area contributed by atoms with E-state index in [0.717, 1.165) is 18.4 Å². The van der Waals surface area contributed by atoms with Gasteiger partial charge < -0.3 is 19.5 Å². The van der Waals surface area contributed by atoms with Crippen molar-refractivity contribution in [1.29, 1.82) is 0 Å². The van der Waals surface area contributed by atoms with Crippen molar-refractivity contribution in [2.75, 3.05) is 13.4 Å². The average molecular weight is 408 g/mol.